The van der Waals surface area contributed by atoms with Crippen LogP contribution < -0.4 is 0 Å². The highest BCUT2D eigenvalue weighted by atomic mass is 16.5. The highest BCUT2D eigenvalue weighted by Gasteiger charge is 2.22. The predicted molar refractivity (Wildman–Crippen MR) is 81.7 cm³/mol. The third-order valence-corrected chi connectivity index (χ3v) is 3.72. The smallest absolute Gasteiger partial charge is 0.356 e. The molecule has 0 fully saturated rings. The van der Waals surface area contributed by atoms with E-state index in [1.54, 1.807) is 12.1 Å². The highest BCUT2D eigenvalue weighted by molar-refractivity contribution is 6.22. The maximum absolute atomic E-state index is 12.1. The van der Waals surface area contributed by atoms with Crippen LogP contribution in [-0.4, -0.2) is 28.8 Å². The van der Waals surface area contributed by atoms with Crippen molar-refractivity contribution < 1.29 is 14.3 Å². The van der Waals surface area contributed by atoms with Gasteiger partial charge in [-0.25, -0.2) is 14.8 Å². The number of allylic oxidation sites excluding steroid dienone is 1. The van der Waals surface area contributed by atoms with E-state index in [9.17, 15) is 9.59 Å². The lowest BCUT2D eigenvalue weighted by Crippen LogP contribution is -2.10. The summed E-state index contributed by atoms with van der Waals surface area (Å²) in [5.74, 6) is -0.665. The van der Waals surface area contributed by atoms with Crippen molar-refractivity contribution in [2.45, 2.75) is 0 Å². The van der Waals surface area contributed by atoms with Crippen LogP contribution in [0, 0.1) is 0 Å². The monoisotopic (exact) mass is 290 g/mol. The van der Waals surface area contributed by atoms with Crippen LogP contribution >= 0.6 is 0 Å². The lowest BCUT2D eigenvalue weighted by atomic mass is 9.96. The van der Waals surface area contributed by atoms with E-state index in [0.717, 1.165) is 10.9 Å². The Bertz CT molecular complexity index is 1010. The molecule has 5 heteroatoms. The molecule has 0 spiro atoms. The quantitative estimate of drug-likeness (QED) is 0.509. The minimum Gasteiger partial charge on any atom is -0.464 e. The van der Waals surface area contributed by atoms with Crippen LogP contribution in [0.25, 0.3) is 27.9 Å². The molecule has 0 N–H and O–H groups in total. The summed E-state index contributed by atoms with van der Waals surface area (Å²) in [5.41, 5.74) is 2.60. The summed E-state index contributed by atoms with van der Waals surface area (Å²) in [5, 5.41) is 1.48. The Hall–Kier alpha value is -3.08. The zero-order valence-corrected chi connectivity index (χ0v) is 11.7. The second kappa shape index (κ2) is 4.46. The van der Waals surface area contributed by atoms with E-state index in [1.165, 1.54) is 13.2 Å². The predicted octanol–water partition coefficient (Wildman–Crippen LogP) is 2.78. The number of carbonyl (C=O) groups is 2. The molecule has 0 aliphatic heterocycles. The number of benzene rings is 1. The maximum atomic E-state index is 12.1. The van der Waals surface area contributed by atoms with Gasteiger partial charge in [0.15, 0.2) is 0 Å². The number of hydrogen-bond acceptors (Lipinski definition) is 5. The number of fused-ring (bicyclic) bond motifs is 2. The van der Waals surface area contributed by atoms with Gasteiger partial charge in [-0.15, -0.1) is 0 Å². The number of ketones is 1. The van der Waals surface area contributed by atoms with E-state index in [0.29, 0.717) is 22.1 Å². The Morgan fingerprint density at radius 1 is 1.14 bits per heavy atom. The highest BCUT2D eigenvalue weighted by Crippen LogP contribution is 2.32. The molecule has 1 aliphatic carbocycles. The molecule has 0 amide bonds. The first-order valence-electron chi connectivity index (χ1n) is 6.73. The fourth-order valence-corrected chi connectivity index (χ4v) is 2.72. The van der Waals surface area contributed by atoms with Gasteiger partial charge in [0.2, 0.25) is 5.78 Å². The van der Waals surface area contributed by atoms with Crippen LogP contribution in [0.5, 0.6) is 0 Å². The van der Waals surface area contributed by atoms with Crippen molar-refractivity contribution in [2.75, 3.05) is 7.11 Å². The summed E-state index contributed by atoms with van der Waals surface area (Å²) in [4.78, 5) is 32.8. The van der Waals surface area contributed by atoms with Gasteiger partial charge in [-0.2, -0.15) is 0 Å². The van der Waals surface area contributed by atoms with Gasteiger partial charge in [-0.05, 0) is 23.8 Å². The number of pyridine rings is 2. The Morgan fingerprint density at radius 3 is 2.77 bits per heavy atom. The molecule has 0 saturated heterocycles. The van der Waals surface area contributed by atoms with E-state index >= 15 is 0 Å². The third kappa shape index (κ3) is 1.65. The number of ether oxygens (including phenoxy) is 1. The molecule has 0 bridgehead atoms. The standard InChI is InChI=1S/C17H10N2O3/c1-22-17(21)12-8-9-6-7-13(20)16-14(9)15(19-12)10-4-2-3-5-11(10)18-16/h2-8H,1H3. The molecule has 0 radical (unpaired) electrons. The van der Waals surface area contributed by atoms with Gasteiger partial charge >= 0.3 is 5.97 Å². The zero-order chi connectivity index (χ0) is 15.3. The molecule has 2 aromatic heterocycles. The summed E-state index contributed by atoms with van der Waals surface area (Å²) < 4.78 is 4.76. The first-order chi connectivity index (χ1) is 10.7. The molecular formula is C17H10N2O3. The average Bonchev–Trinajstić information content (AvgIpc) is 2.57. The second-order valence-electron chi connectivity index (χ2n) is 4.99. The normalized spacial score (nSPS) is 12.9. The van der Waals surface area contributed by atoms with Gasteiger partial charge < -0.3 is 4.74 Å². The Labute approximate surface area is 125 Å². The van der Waals surface area contributed by atoms with Crippen molar-refractivity contribution in [1.82, 2.24) is 9.97 Å². The molecule has 1 aromatic carbocycles. The largest absolute Gasteiger partial charge is 0.464 e. The van der Waals surface area contributed by atoms with E-state index in [-0.39, 0.29) is 11.5 Å². The number of rotatable bonds is 1. The molecule has 106 valence electrons. The van der Waals surface area contributed by atoms with Gasteiger partial charge in [0.05, 0.1) is 18.1 Å². The molecule has 1 aliphatic rings. The van der Waals surface area contributed by atoms with Crippen molar-refractivity contribution in [1.29, 1.82) is 0 Å². The average molecular weight is 290 g/mol. The van der Waals surface area contributed by atoms with Crippen LogP contribution in [0.4, 0.5) is 0 Å². The van der Waals surface area contributed by atoms with Crippen molar-refractivity contribution in [3.8, 4) is 0 Å². The molecule has 0 saturated carbocycles. The van der Waals surface area contributed by atoms with Crippen LogP contribution in [0.2, 0.25) is 0 Å². The molecule has 5 nitrogen and oxygen atoms in total. The van der Waals surface area contributed by atoms with Crippen molar-refractivity contribution >= 4 is 39.6 Å². The minimum absolute atomic E-state index is 0.157. The van der Waals surface area contributed by atoms with Gasteiger partial charge in [-0.3, -0.25) is 4.79 Å². The number of nitrogens with zero attached hydrogens (tertiary/aromatic N) is 2. The molecule has 3 aromatic rings. The Kier molecular flexibility index (Phi) is 2.56. The van der Waals surface area contributed by atoms with Gasteiger partial charge in [0.1, 0.15) is 11.4 Å². The van der Waals surface area contributed by atoms with Gasteiger partial charge in [0.25, 0.3) is 0 Å². The number of aromatic nitrogens is 2. The van der Waals surface area contributed by atoms with E-state index in [1.807, 2.05) is 24.3 Å². The van der Waals surface area contributed by atoms with Crippen molar-refractivity contribution in [2.24, 2.45) is 0 Å². The Morgan fingerprint density at radius 2 is 1.95 bits per heavy atom. The number of hydrogen-bond donors (Lipinski definition) is 0. The van der Waals surface area contributed by atoms with Gasteiger partial charge in [-0.1, -0.05) is 24.3 Å². The first kappa shape index (κ1) is 12.6. The molecular weight excluding hydrogens is 280 g/mol. The van der Waals surface area contributed by atoms with E-state index in [4.69, 9.17) is 4.74 Å². The molecule has 22 heavy (non-hydrogen) atoms. The molecule has 0 atom stereocenters. The van der Waals surface area contributed by atoms with Crippen molar-refractivity contribution in [3.63, 3.8) is 0 Å². The van der Waals surface area contributed by atoms with E-state index in [2.05, 4.69) is 9.97 Å². The van der Waals surface area contributed by atoms with Crippen LogP contribution in [0.15, 0.2) is 36.4 Å². The lowest BCUT2D eigenvalue weighted by Gasteiger charge is -2.14. The van der Waals surface area contributed by atoms with E-state index < -0.39 is 5.97 Å². The summed E-state index contributed by atoms with van der Waals surface area (Å²) in [6, 6.07) is 9.04. The lowest BCUT2D eigenvalue weighted by molar-refractivity contribution is 0.0594. The SMILES string of the molecule is COC(=O)c1cc2c3c(nc4ccccc4c3n1)C(=O)C=C2. The Balaban J connectivity index is 2.23. The molecule has 0 unspecified atom stereocenters. The van der Waals surface area contributed by atoms with Crippen LogP contribution in [-0.2, 0) is 4.74 Å². The second-order valence-corrected chi connectivity index (χ2v) is 4.99. The summed E-state index contributed by atoms with van der Waals surface area (Å²) in [6.07, 6.45) is 3.14. The minimum atomic E-state index is -0.508. The number of para-hydroxylation sites is 1. The summed E-state index contributed by atoms with van der Waals surface area (Å²) in [7, 11) is 1.31. The zero-order valence-electron chi connectivity index (χ0n) is 11.7. The number of methoxy groups -OCH3 is 1. The summed E-state index contributed by atoms with van der Waals surface area (Å²) in [6.45, 7) is 0. The number of carbonyl (C=O) groups excluding carboxylic acids is 2. The third-order valence-electron chi connectivity index (χ3n) is 3.72. The number of esters is 1. The fraction of sp³-hybridized carbons (Fsp3) is 0.0588. The molecule has 2 heterocycles. The molecule has 4 rings (SSSR count). The summed E-state index contributed by atoms with van der Waals surface area (Å²) >= 11 is 0. The van der Waals surface area contributed by atoms with Gasteiger partial charge in [0, 0.05) is 10.8 Å². The topological polar surface area (TPSA) is 69.2 Å². The van der Waals surface area contributed by atoms with Crippen LogP contribution in [0.3, 0.4) is 0 Å². The van der Waals surface area contributed by atoms with Crippen LogP contribution in [0.1, 0.15) is 26.5 Å². The first-order valence-corrected chi connectivity index (χ1v) is 6.73. The maximum Gasteiger partial charge on any atom is 0.356 e. The fourth-order valence-electron chi connectivity index (χ4n) is 2.72. The van der Waals surface area contributed by atoms with Crippen molar-refractivity contribution in [3.05, 3.63) is 53.4 Å².